The minimum atomic E-state index is -4.69. The van der Waals surface area contributed by atoms with Gasteiger partial charge in [-0.25, -0.2) is 4.98 Å². The number of carbonyl (C=O) groups excluding carboxylic acids is 6. The normalized spacial score (nSPS) is 18.9. The van der Waals surface area contributed by atoms with Crippen LogP contribution in [0.15, 0.2) is 54.7 Å². The number of amides is 6. The largest absolute Gasteiger partial charge is 0.494 e. The molecule has 1 unspecified atom stereocenters. The lowest BCUT2D eigenvalue weighted by Gasteiger charge is -2.47. The Balaban J connectivity index is 0.745. The second-order valence-corrected chi connectivity index (χ2v) is 16.3. The van der Waals surface area contributed by atoms with Crippen molar-refractivity contribution in [3.05, 3.63) is 77.2 Å². The summed E-state index contributed by atoms with van der Waals surface area (Å²) >= 11 is 0. The number of likely N-dealkylation sites (tertiary alicyclic amines) is 1. The van der Waals surface area contributed by atoms with Crippen molar-refractivity contribution >= 4 is 57.7 Å². The first kappa shape index (κ1) is 43.2. The molecular formula is C43H47F3N10O7. The van der Waals surface area contributed by atoms with Gasteiger partial charge >= 0.3 is 6.18 Å². The lowest BCUT2D eigenvalue weighted by Crippen LogP contribution is -2.54. The molecule has 20 heteroatoms. The molecule has 0 saturated carbocycles. The summed E-state index contributed by atoms with van der Waals surface area (Å²) in [5.74, 6) is -2.56. The number of nitrogens with zero attached hydrogens (tertiary/aromatic N) is 6. The first-order chi connectivity index (χ1) is 30.2. The van der Waals surface area contributed by atoms with Gasteiger partial charge < -0.3 is 30.5 Å². The Bertz CT molecular complexity index is 2460. The maximum atomic E-state index is 13.6. The summed E-state index contributed by atoms with van der Waals surface area (Å²) < 4.78 is 46.5. The predicted octanol–water partition coefficient (Wildman–Crippen LogP) is 3.20. The molecule has 6 amide bonds. The average Bonchev–Trinajstić information content (AvgIpc) is 3.79. The molecule has 4 aromatic rings. The Kier molecular flexibility index (Phi) is 12.2. The van der Waals surface area contributed by atoms with E-state index in [-0.39, 0.29) is 53.4 Å². The Morgan fingerprint density at radius 3 is 2.38 bits per heavy atom. The predicted molar refractivity (Wildman–Crippen MR) is 222 cm³/mol. The number of hydrogen-bond donors (Lipinski definition) is 4. The summed E-state index contributed by atoms with van der Waals surface area (Å²) in [5, 5.41) is 16.6. The van der Waals surface area contributed by atoms with Gasteiger partial charge in [-0.3, -0.25) is 43.7 Å². The molecule has 2 aromatic carbocycles. The number of halogens is 3. The number of alkyl halides is 3. The number of fused-ring (bicyclic) bond motifs is 2. The van der Waals surface area contributed by atoms with E-state index in [0.29, 0.717) is 74.5 Å². The van der Waals surface area contributed by atoms with Crippen molar-refractivity contribution in [1.82, 2.24) is 40.5 Å². The molecule has 4 aliphatic heterocycles. The van der Waals surface area contributed by atoms with E-state index in [0.717, 1.165) is 42.7 Å². The zero-order valence-corrected chi connectivity index (χ0v) is 34.6. The Labute approximate surface area is 359 Å². The second-order valence-electron chi connectivity index (χ2n) is 16.3. The van der Waals surface area contributed by atoms with E-state index in [1.54, 1.807) is 35.1 Å². The smallest absolute Gasteiger partial charge is 0.433 e. The number of pyridine rings is 1. The monoisotopic (exact) mass is 872 g/mol. The van der Waals surface area contributed by atoms with Crippen molar-refractivity contribution in [2.45, 2.75) is 57.3 Å². The topological polar surface area (TPSA) is 200 Å². The number of anilines is 2. The number of ether oxygens (including phenoxy) is 1. The number of hydrogen-bond acceptors (Lipinski definition) is 12. The lowest BCUT2D eigenvalue weighted by molar-refractivity contribution is -0.141. The van der Waals surface area contributed by atoms with Crippen molar-refractivity contribution in [3.8, 4) is 5.75 Å². The molecule has 4 N–H and O–H groups in total. The molecule has 1 atom stereocenters. The van der Waals surface area contributed by atoms with Gasteiger partial charge in [0.2, 0.25) is 17.7 Å². The minimum Gasteiger partial charge on any atom is -0.494 e. The van der Waals surface area contributed by atoms with Gasteiger partial charge in [0.05, 0.1) is 48.2 Å². The number of benzene rings is 2. The van der Waals surface area contributed by atoms with Gasteiger partial charge in [-0.1, -0.05) is 12.1 Å². The molecule has 332 valence electrons. The van der Waals surface area contributed by atoms with E-state index in [1.165, 1.54) is 13.2 Å². The number of methoxy groups -OCH3 is 1. The summed E-state index contributed by atoms with van der Waals surface area (Å²) in [4.78, 5) is 85.6. The molecule has 17 nitrogen and oxygen atoms in total. The fourth-order valence-electron chi connectivity index (χ4n) is 8.91. The molecule has 0 bridgehead atoms. The third kappa shape index (κ3) is 9.08. The van der Waals surface area contributed by atoms with E-state index in [9.17, 15) is 41.9 Å². The zero-order valence-electron chi connectivity index (χ0n) is 34.6. The number of nitrogens with one attached hydrogen (secondary N) is 4. The molecule has 8 rings (SSSR count). The number of piperidine rings is 3. The van der Waals surface area contributed by atoms with Crippen LogP contribution in [0.1, 0.15) is 75.4 Å². The maximum Gasteiger partial charge on any atom is 0.433 e. The molecule has 3 saturated heterocycles. The van der Waals surface area contributed by atoms with E-state index in [4.69, 9.17) is 4.74 Å². The highest BCUT2D eigenvalue weighted by Gasteiger charge is 2.47. The van der Waals surface area contributed by atoms with Crippen molar-refractivity contribution in [1.29, 1.82) is 0 Å². The Morgan fingerprint density at radius 1 is 0.921 bits per heavy atom. The molecule has 0 radical (unpaired) electrons. The highest BCUT2D eigenvalue weighted by Crippen LogP contribution is 2.44. The van der Waals surface area contributed by atoms with Gasteiger partial charge in [0.15, 0.2) is 0 Å². The van der Waals surface area contributed by atoms with Crippen molar-refractivity contribution < 1.29 is 46.7 Å². The molecule has 0 aliphatic carbocycles. The SMILES string of the molecule is COc1cc2nn(CCNCCNCC(=O)N3CCC4(CC3)CCN(c3cccc5c3C(=O)N(C3CCC(=O)NC3=O)C5=O)CC4)cc2cc1NC(=O)c1cccc(C(F)(F)F)n1. The summed E-state index contributed by atoms with van der Waals surface area (Å²) in [7, 11) is 1.41. The fraction of sp³-hybridized carbons (Fsp3) is 0.442. The number of imide groups is 2. The standard InChI is InChI=1S/C43H47F3N10O7/c1-63-33-23-29-26(22-30(33)50-38(59)28-5-3-7-34(49-28)43(44,45)46)25-55(52-29)21-16-47-14-15-48-24-36(58)54-19-12-42(13-20-54)10-17-53(18-11-42)31-6-2-4-27-37(31)41(62)56(40(27)61)32-8-9-35(57)51-39(32)60/h2-7,22-23,25,32,47-48H,8-21,24H2,1H3,(H,50,59)(H,51,57,60). The van der Waals surface area contributed by atoms with Crippen LogP contribution in [0.5, 0.6) is 5.75 Å². The van der Waals surface area contributed by atoms with Gasteiger partial charge in [-0.2, -0.15) is 18.3 Å². The summed E-state index contributed by atoms with van der Waals surface area (Å²) in [6.45, 7) is 5.23. The number of aromatic nitrogens is 3. The molecule has 4 aliphatic rings. The van der Waals surface area contributed by atoms with Gasteiger partial charge in [-0.05, 0) is 67.9 Å². The van der Waals surface area contributed by atoms with Crippen LogP contribution in [0.2, 0.25) is 0 Å². The molecule has 6 heterocycles. The third-order valence-corrected chi connectivity index (χ3v) is 12.5. The maximum absolute atomic E-state index is 13.6. The van der Waals surface area contributed by atoms with Crippen molar-refractivity contribution in [2.75, 3.05) is 69.7 Å². The Morgan fingerprint density at radius 2 is 1.65 bits per heavy atom. The van der Waals surface area contributed by atoms with Crippen LogP contribution < -0.4 is 30.9 Å². The van der Waals surface area contributed by atoms with Gasteiger partial charge in [0, 0.05) is 69.9 Å². The van der Waals surface area contributed by atoms with Crippen LogP contribution in [-0.2, 0) is 27.1 Å². The quantitative estimate of drug-likeness (QED) is 0.113. The zero-order chi connectivity index (χ0) is 44.5. The van der Waals surface area contributed by atoms with E-state index in [1.807, 2.05) is 11.0 Å². The van der Waals surface area contributed by atoms with Crippen LogP contribution in [0, 0.1) is 5.41 Å². The minimum absolute atomic E-state index is 0.0474. The summed E-state index contributed by atoms with van der Waals surface area (Å²) in [6, 6.07) is 10.6. The fourth-order valence-corrected chi connectivity index (χ4v) is 8.91. The Hall–Kier alpha value is -6.41. The average molecular weight is 873 g/mol. The molecule has 3 fully saturated rings. The highest BCUT2D eigenvalue weighted by molar-refractivity contribution is 6.25. The molecule has 2 aromatic heterocycles. The van der Waals surface area contributed by atoms with Gasteiger partial charge in [-0.15, -0.1) is 0 Å². The van der Waals surface area contributed by atoms with E-state index in [2.05, 4.69) is 36.2 Å². The van der Waals surface area contributed by atoms with Gasteiger partial charge in [0.1, 0.15) is 23.2 Å². The third-order valence-electron chi connectivity index (χ3n) is 12.5. The summed E-state index contributed by atoms with van der Waals surface area (Å²) in [5.41, 5.74) is 0.644. The number of rotatable bonds is 13. The molecular weight excluding hydrogens is 826 g/mol. The van der Waals surface area contributed by atoms with Crippen LogP contribution >= 0.6 is 0 Å². The van der Waals surface area contributed by atoms with E-state index >= 15 is 0 Å². The van der Waals surface area contributed by atoms with Crippen LogP contribution in [0.3, 0.4) is 0 Å². The molecule has 63 heavy (non-hydrogen) atoms. The summed E-state index contributed by atoms with van der Waals surface area (Å²) in [6.07, 6.45) is 0.791. The number of carbonyl (C=O) groups is 6. The highest BCUT2D eigenvalue weighted by atomic mass is 19.4. The molecule has 1 spiro atoms. The first-order valence-corrected chi connectivity index (χ1v) is 20.9. The lowest BCUT2D eigenvalue weighted by atomic mass is 9.71. The van der Waals surface area contributed by atoms with Crippen LogP contribution in [-0.4, -0.2) is 126 Å². The van der Waals surface area contributed by atoms with Crippen LogP contribution in [0.25, 0.3) is 10.9 Å². The first-order valence-electron chi connectivity index (χ1n) is 20.9. The van der Waals surface area contributed by atoms with E-state index < -0.39 is 47.4 Å². The van der Waals surface area contributed by atoms with Gasteiger partial charge in [0.25, 0.3) is 17.7 Å². The second kappa shape index (κ2) is 17.8. The van der Waals surface area contributed by atoms with Crippen molar-refractivity contribution in [2.24, 2.45) is 5.41 Å². The van der Waals surface area contributed by atoms with Crippen LogP contribution in [0.4, 0.5) is 24.5 Å². The van der Waals surface area contributed by atoms with Crippen molar-refractivity contribution in [3.63, 3.8) is 0 Å².